The Kier molecular flexibility index (Phi) is 4.67. The Morgan fingerprint density at radius 3 is 2.59 bits per heavy atom. The zero-order chi connectivity index (χ0) is 22.1. The molecule has 1 N–H and O–H groups in total. The number of fused-ring (bicyclic) bond motifs is 2. The minimum Gasteiger partial charge on any atom is -0.394 e. The SMILES string of the molecule is [2H]C([2H])(CO)OCC([2H])([2H])N1CCN(C2=Nc3ccccc3Sc3ccccc32)CC1. The van der Waals surface area contributed by atoms with Gasteiger partial charge in [-0.15, -0.1) is 0 Å². The fraction of sp³-hybridized carbons (Fsp3) is 0.381. The van der Waals surface area contributed by atoms with E-state index in [9.17, 15) is 0 Å². The molecule has 0 aromatic heterocycles. The van der Waals surface area contributed by atoms with Gasteiger partial charge in [0.15, 0.2) is 0 Å². The average Bonchev–Trinajstić information content (AvgIpc) is 2.95. The molecule has 27 heavy (non-hydrogen) atoms. The van der Waals surface area contributed by atoms with Crippen molar-refractivity contribution in [1.29, 1.82) is 0 Å². The third-order valence-electron chi connectivity index (χ3n) is 4.55. The highest BCUT2D eigenvalue weighted by Gasteiger charge is 2.24. The second kappa shape index (κ2) is 8.89. The summed E-state index contributed by atoms with van der Waals surface area (Å²) in [5.41, 5.74) is 2.00. The molecule has 142 valence electrons. The second-order valence-electron chi connectivity index (χ2n) is 6.22. The molecule has 0 amide bonds. The van der Waals surface area contributed by atoms with E-state index in [-0.39, 0.29) is 0 Å². The lowest BCUT2D eigenvalue weighted by atomic mass is 10.1. The fourth-order valence-corrected chi connectivity index (χ4v) is 4.22. The molecule has 2 aromatic carbocycles. The zero-order valence-electron chi connectivity index (χ0n) is 19.0. The van der Waals surface area contributed by atoms with Crippen LogP contribution in [0.5, 0.6) is 0 Å². The Hall–Kier alpha value is -1.86. The van der Waals surface area contributed by atoms with Crippen molar-refractivity contribution in [2.75, 3.05) is 52.4 Å². The monoisotopic (exact) mass is 387 g/mol. The van der Waals surface area contributed by atoms with Gasteiger partial charge in [0.05, 0.1) is 28.2 Å². The number of piperazine rings is 1. The van der Waals surface area contributed by atoms with Gasteiger partial charge in [-0.2, -0.15) is 0 Å². The molecule has 0 aliphatic carbocycles. The van der Waals surface area contributed by atoms with Crippen LogP contribution in [-0.4, -0.2) is 73.2 Å². The van der Waals surface area contributed by atoms with E-state index < -0.39 is 26.3 Å². The first kappa shape index (κ1) is 14.2. The van der Waals surface area contributed by atoms with Crippen molar-refractivity contribution in [3.8, 4) is 0 Å². The molecule has 2 aromatic rings. The summed E-state index contributed by atoms with van der Waals surface area (Å²) < 4.78 is 36.5. The van der Waals surface area contributed by atoms with E-state index in [2.05, 4.69) is 23.1 Å². The van der Waals surface area contributed by atoms with E-state index in [1.165, 1.54) is 0 Å². The van der Waals surface area contributed by atoms with E-state index in [1.807, 2.05) is 30.3 Å². The standard InChI is InChI=1S/C21H25N3O2S/c25-14-16-26-15-13-23-9-11-24(12-10-23)21-17-5-1-3-7-19(17)27-20-8-4-2-6-18(20)22-21/h1-8,25H,9-16H2/i13D2,16D2. The normalized spacial score (nSPS) is 20.3. The van der Waals surface area contributed by atoms with Gasteiger partial charge in [-0.1, -0.05) is 42.1 Å². The summed E-state index contributed by atoms with van der Waals surface area (Å²) in [5.74, 6) is 0.890. The second-order valence-corrected chi connectivity index (χ2v) is 7.31. The molecule has 0 bridgehead atoms. The minimum atomic E-state index is -2.25. The van der Waals surface area contributed by atoms with Crippen molar-refractivity contribution in [1.82, 2.24) is 9.80 Å². The first-order valence-electron chi connectivity index (χ1n) is 11.0. The van der Waals surface area contributed by atoms with Crippen molar-refractivity contribution in [3.05, 3.63) is 54.1 Å². The smallest absolute Gasteiger partial charge is 0.137 e. The maximum Gasteiger partial charge on any atom is 0.137 e. The molecule has 2 heterocycles. The third-order valence-corrected chi connectivity index (χ3v) is 5.69. The minimum absolute atomic E-state index is 0.450. The van der Waals surface area contributed by atoms with Gasteiger partial charge < -0.3 is 14.7 Å². The number of aliphatic imine (C=N–C) groups is 1. The Labute approximate surface area is 170 Å². The van der Waals surface area contributed by atoms with E-state index >= 15 is 0 Å². The third kappa shape index (κ3) is 4.35. The molecule has 6 heteroatoms. The Bertz CT molecular complexity index is 965. The number of amidine groups is 1. The van der Waals surface area contributed by atoms with Crippen LogP contribution in [0.1, 0.15) is 11.0 Å². The van der Waals surface area contributed by atoms with Gasteiger partial charge in [0.2, 0.25) is 0 Å². The van der Waals surface area contributed by atoms with Crippen LogP contribution in [0.3, 0.4) is 0 Å². The summed E-state index contributed by atoms with van der Waals surface area (Å²) in [4.78, 5) is 11.1. The Balaban J connectivity index is 1.51. The predicted molar refractivity (Wildman–Crippen MR) is 109 cm³/mol. The van der Waals surface area contributed by atoms with E-state index in [0.717, 1.165) is 26.9 Å². The topological polar surface area (TPSA) is 48.3 Å². The van der Waals surface area contributed by atoms with E-state index in [0.29, 0.717) is 26.2 Å². The molecular weight excluding hydrogens is 358 g/mol. The fourth-order valence-electron chi connectivity index (χ4n) is 3.21. The molecule has 0 unspecified atom stereocenters. The van der Waals surface area contributed by atoms with Gasteiger partial charge in [-0.25, -0.2) is 4.99 Å². The summed E-state index contributed by atoms with van der Waals surface area (Å²) in [6.45, 7) is -3.26. The van der Waals surface area contributed by atoms with Crippen molar-refractivity contribution < 1.29 is 15.3 Å². The molecule has 4 rings (SSSR count). The van der Waals surface area contributed by atoms with E-state index in [1.54, 1.807) is 16.7 Å². The molecule has 0 saturated carbocycles. The van der Waals surface area contributed by atoms with Crippen LogP contribution in [-0.2, 0) is 4.74 Å². The molecule has 2 aliphatic heterocycles. The number of aliphatic hydroxyl groups excluding tert-OH is 1. The maximum atomic E-state index is 9.00. The Morgan fingerprint density at radius 2 is 1.78 bits per heavy atom. The van der Waals surface area contributed by atoms with E-state index in [4.69, 9.17) is 20.3 Å². The quantitative estimate of drug-likeness (QED) is 0.855. The van der Waals surface area contributed by atoms with Crippen molar-refractivity contribution in [2.45, 2.75) is 9.79 Å². The van der Waals surface area contributed by atoms with Crippen molar-refractivity contribution >= 4 is 23.3 Å². The number of nitrogens with zero attached hydrogens (tertiary/aromatic N) is 3. The summed E-state index contributed by atoms with van der Waals surface area (Å²) >= 11 is 1.70. The molecule has 1 fully saturated rings. The van der Waals surface area contributed by atoms with Crippen molar-refractivity contribution in [2.24, 2.45) is 4.99 Å². The van der Waals surface area contributed by atoms with Gasteiger partial charge in [-0.05, 0) is 18.2 Å². The van der Waals surface area contributed by atoms with Gasteiger partial charge in [-0.3, -0.25) is 4.90 Å². The van der Waals surface area contributed by atoms with Crippen LogP contribution in [0.4, 0.5) is 5.69 Å². The number of hydrogen-bond acceptors (Lipinski definition) is 6. The summed E-state index contributed by atoms with van der Waals surface area (Å²) in [6.07, 6.45) is 0. The largest absolute Gasteiger partial charge is 0.394 e. The highest BCUT2D eigenvalue weighted by atomic mass is 32.2. The number of rotatable bonds is 5. The summed E-state index contributed by atoms with van der Waals surface area (Å²) in [5, 5.41) is 9.00. The molecule has 2 aliphatic rings. The summed E-state index contributed by atoms with van der Waals surface area (Å²) in [6, 6.07) is 16.3. The number of ether oxygens (including phenoxy) is 1. The highest BCUT2D eigenvalue weighted by Crippen LogP contribution is 2.40. The Morgan fingerprint density at radius 1 is 1.04 bits per heavy atom. The first-order valence-corrected chi connectivity index (χ1v) is 9.80. The van der Waals surface area contributed by atoms with Crippen LogP contribution >= 0.6 is 11.8 Å². The first-order chi connectivity index (χ1) is 14.8. The van der Waals surface area contributed by atoms with Crippen LogP contribution < -0.4 is 0 Å². The van der Waals surface area contributed by atoms with Gasteiger partial charge in [0.1, 0.15) is 5.84 Å². The lowest BCUT2D eigenvalue weighted by molar-refractivity contribution is 0.0652. The van der Waals surface area contributed by atoms with Gasteiger partial charge in [0, 0.05) is 50.8 Å². The van der Waals surface area contributed by atoms with Crippen LogP contribution in [0.15, 0.2) is 63.3 Å². The van der Waals surface area contributed by atoms with Gasteiger partial charge >= 0.3 is 0 Å². The lowest BCUT2D eigenvalue weighted by Gasteiger charge is -2.36. The number of para-hydroxylation sites is 1. The number of benzene rings is 2. The molecule has 0 radical (unpaired) electrons. The molecule has 0 spiro atoms. The molecule has 1 saturated heterocycles. The molecular formula is C21H25N3O2S. The zero-order valence-corrected chi connectivity index (χ0v) is 15.8. The average molecular weight is 388 g/mol. The molecule has 5 nitrogen and oxygen atoms in total. The van der Waals surface area contributed by atoms with Crippen molar-refractivity contribution in [3.63, 3.8) is 0 Å². The predicted octanol–water partition coefficient (Wildman–Crippen LogP) is 2.86. The molecule has 0 atom stereocenters. The van der Waals surface area contributed by atoms with Crippen LogP contribution in [0.25, 0.3) is 0 Å². The van der Waals surface area contributed by atoms with Crippen LogP contribution in [0, 0.1) is 0 Å². The number of hydrogen-bond donors (Lipinski definition) is 1. The lowest BCUT2D eigenvalue weighted by Crippen LogP contribution is -2.49. The summed E-state index contributed by atoms with van der Waals surface area (Å²) in [7, 11) is 0. The van der Waals surface area contributed by atoms with Crippen LogP contribution in [0.2, 0.25) is 0 Å². The maximum absolute atomic E-state index is 9.00. The number of aliphatic hydroxyl groups is 1. The highest BCUT2D eigenvalue weighted by molar-refractivity contribution is 7.99. The van der Waals surface area contributed by atoms with Gasteiger partial charge in [0.25, 0.3) is 0 Å².